The van der Waals surface area contributed by atoms with Crippen molar-refractivity contribution in [2.24, 2.45) is 0 Å². The highest BCUT2D eigenvalue weighted by molar-refractivity contribution is 5.92. The Balaban J connectivity index is 0.988. The highest BCUT2D eigenvalue weighted by Gasteiger charge is 2.29. The number of likely N-dealkylation sites (tertiary alicyclic amines) is 1. The van der Waals surface area contributed by atoms with Gasteiger partial charge in [-0.15, -0.1) is 0 Å². The summed E-state index contributed by atoms with van der Waals surface area (Å²) in [6.07, 6.45) is -0.0311. The molecule has 7 rings (SSSR count). The van der Waals surface area contributed by atoms with E-state index in [4.69, 9.17) is 19.4 Å². The maximum Gasteiger partial charge on any atom is 0.408 e. The highest BCUT2D eigenvalue weighted by Crippen LogP contribution is 2.30. The highest BCUT2D eigenvalue weighted by atomic mass is 19.4. The molecule has 1 N–H and O–H groups in total. The molecule has 5 heterocycles. The number of fused-ring (bicyclic) bond motifs is 2. The number of rotatable bonds is 10. The molecule has 2 fully saturated rings. The maximum atomic E-state index is 13.0. The number of carboxylic acids is 1. The Bertz CT molecular complexity index is 1870. The van der Waals surface area contributed by atoms with Crippen molar-refractivity contribution in [3.05, 3.63) is 83.4 Å². The molecule has 0 spiro atoms. The molecule has 2 saturated heterocycles. The van der Waals surface area contributed by atoms with Crippen LogP contribution >= 0.6 is 0 Å². The minimum absolute atomic E-state index is 0.108. The van der Waals surface area contributed by atoms with Gasteiger partial charge >= 0.3 is 12.1 Å². The van der Waals surface area contributed by atoms with Gasteiger partial charge in [-0.3, -0.25) is 9.58 Å². The first-order valence-electron chi connectivity index (χ1n) is 15.4. The van der Waals surface area contributed by atoms with Gasteiger partial charge in [-0.25, -0.2) is 14.8 Å². The molecule has 0 radical (unpaired) electrons. The Labute approximate surface area is 262 Å². The standard InChI is InChI=1S/C33H33F3N6O4/c34-33(35,36)20-42-28-14-21(4-5-24(28)16-37-42)19-46-31-3-1-2-26(39-31)22-8-11-40(12-9-22)18-30-38-27-7-6-23(32(43)44)15-29(27)41(30)17-25-10-13-45-25/h1-7,14-16,22,25H,8-13,17-20H2,(H,43,44). The van der Waals surface area contributed by atoms with Crippen LogP contribution in [0.15, 0.2) is 60.8 Å². The van der Waals surface area contributed by atoms with Crippen molar-refractivity contribution in [2.45, 2.75) is 63.7 Å². The molecule has 0 saturated carbocycles. The van der Waals surface area contributed by atoms with Crippen molar-refractivity contribution >= 4 is 27.9 Å². The summed E-state index contributed by atoms with van der Waals surface area (Å²) >= 11 is 0. The molecule has 3 aromatic heterocycles. The van der Waals surface area contributed by atoms with Crippen LogP contribution in [0.25, 0.3) is 21.9 Å². The number of ether oxygens (including phenoxy) is 2. The van der Waals surface area contributed by atoms with Crippen molar-refractivity contribution in [3.63, 3.8) is 0 Å². The van der Waals surface area contributed by atoms with Crippen LogP contribution in [0.5, 0.6) is 5.88 Å². The van der Waals surface area contributed by atoms with Crippen molar-refractivity contribution < 1.29 is 32.5 Å². The number of carboxylic acid groups (broad SMARTS) is 1. The fourth-order valence-corrected chi connectivity index (χ4v) is 6.25. The molecule has 1 atom stereocenters. The Morgan fingerprint density at radius 1 is 1.02 bits per heavy atom. The van der Waals surface area contributed by atoms with Gasteiger partial charge in [0.1, 0.15) is 19.0 Å². The lowest BCUT2D eigenvalue weighted by molar-refractivity contribution is -0.141. The summed E-state index contributed by atoms with van der Waals surface area (Å²) in [4.78, 5) is 23.6. The average molecular weight is 635 g/mol. The first kappa shape index (κ1) is 30.2. The quantitative estimate of drug-likeness (QED) is 0.206. The zero-order chi connectivity index (χ0) is 31.8. The second-order valence-corrected chi connectivity index (χ2v) is 12.0. The summed E-state index contributed by atoms with van der Waals surface area (Å²) < 4.78 is 53.6. The number of carbonyl (C=O) groups is 1. The number of hydrogen-bond acceptors (Lipinski definition) is 7. The molecular weight excluding hydrogens is 601 g/mol. The third-order valence-corrected chi connectivity index (χ3v) is 8.79. The Kier molecular flexibility index (Phi) is 8.11. The monoisotopic (exact) mass is 634 g/mol. The van der Waals surface area contributed by atoms with Crippen LogP contribution in [-0.2, 0) is 31.0 Å². The second-order valence-electron chi connectivity index (χ2n) is 12.0. The van der Waals surface area contributed by atoms with Gasteiger partial charge in [-0.05, 0) is 68.2 Å². The van der Waals surface area contributed by atoms with Gasteiger partial charge in [-0.1, -0.05) is 18.2 Å². The summed E-state index contributed by atoms with van der Waals surface area (Å²) in [5, 5.41) is 14.0. The minimum atomic E-state index is -4.36. The van der Waals surface area contributed by atoms with E-state index in [0.717, 1.165) is 71.8 Å². The molecule has 2 aliphatic rings. The fourth-order valence-electron chi connectivity index (χ4n) is 6.25. The second kappa shape index (κ2) is 12.4. The van der Waals surface area contributed by atoms with Crippen LogP contribution in [0, 0.1) is 0 Å². The normalized spacial score (nSPS) is 17.8. The minimum Gasteiger partial charge on any atom is -0.478 e. The van der Waals surface area contributed by atoms with Crippen molar-refractivity contribution in [3.8, 4) is 5.88 Å². The Morgan fingerprint density at radius 3 is 2.59 bits per heavy atom. The van der Waals surface area contributed by atoms with E-state index in [-0.39, 0.29) is 24.2 Å². The molecule has 0 aliphatic carbocycles. The average Bonchev–Trinajstić information content (AvgIpc) is 3.56. The molecule has 0 amide bonds. The molecule has 2 aliphatic heterocycles. The number of nitrogens with zero attached hydrogens (tertiary/aromatic N) is 6. The van der Waals surface area contributed by atoms with E-state index in [1.54, 1.807) is 36.4 Å². The topological polar surface area (TPSA) is 108 Å². The lowest BCUT2D eigenvalue weighted by Gasteiger charge is -2.32. The molecule has 13 heteroatoms. The number of hydrogen-bond donors (Lipinski definition) is 1. The number of aromatic carboxylic acids is 1. The van der Waals surface area contributed by atoms with E-state index in [1.807, 2.05) is 18.2 Å². The predicted octanol–water partition coefficient (Wildman–Crippen LogP) is 5.79. The zero-order valence-electron chi connectivity index (χ0n) is 25.0. The first-order valence-corrected chi connectivity index (χ1v) is 15.4. The van der Waals surface area contributed by atoms with Gasteiger partial charge in [0, 0.05) is 29.7 Å². The summed E-state index contributed by atoms with van der Waals surface area (Å²) in [6.45, 7) is 2.77. The number of aromatic nitrogens is 5. The first-order chi connectivity index (χ1) is 22.2. The lowest BCUT2D eigenvalue weighted by atomic mass is 9.93. The smallest absolute Gasteiger partial charge is 0.408 e. The van der Waals surface area contributed by atoms with E-state index in [2.05, 4.69) is 14.6 Å². The summed E-state index contributed by atoms with van der Waals surface area (Å²) in [5.41, 5.74) is 3.92. The van der Waals surface area contributed by atoms with Gasteiger partial charge in [0.05, 0.1) is 47.5 Å². The summed E-state index contributed by atoms with van der Waals surface area (Å²) in [5.74, 6) is 0.667. The van der Waals surface area contributed by atoms with E-state index in [9.17, 15) is 23.1 Å². The zero-order valence-corrected chi connectivity index (χ0v) is 25.0. The van der Waals surface area contributed by atoms with Crippen molar-refractivity contribution in [1.29, 1.82) is 0 Å². The molecule has 1 unspecified atom stereocenters. The lowest BCUT2D eigenvalue weighted by Crippen LogP contribution is -2.35. The van der Waals surface area contributed by atoms with Crippen molar-refractivity contribution in [2.75, 3.05) is 19.7 Å². The van der Waals surface area contributed by atoms with Crippen molar-refractivity contribution in [1.82, 2.24) is 29.2 Å². The molecule has 10 nitrogen and oxygen atoms in total. The van der Waals surface area contributed by atoms with E-state index in [0.29, 0.717) is 29.9 Å². The van der Waals surface area contributed by atoms with Crippen LogP contribution in [-0.4, -0.2) is 72.3 Å². The molecule has 240 valence electrons. The third-order valence-electron chi connectivity index (χ3n) is 8.79. The van der Waals surface area contributed by atoms with Crippen LogP contribution in [0.3, 0.4) is 0 Å². The molecule has 5 aromatic rings. The maximum absolute atomic E-state index is 13.0. The number of benzene rings is 2. The van der Waals surface area contributed by atoms with Gasteiger partial charge < -0.3 is 19.1 Å². The molecular formula is C33H33F3N6O4. The summed E-state index contributed by atoms with van der Waals surface area (Å²) in [7, 11) is 0. The van der Waals surface area contributed by atoms with Crippen LogP contribution in [0.2, 0.25) is 0 Å². The van der Waals surface area contributed by atoms with Crippen LogP contribution in [0.4, 0.5) is 13.2 Å². The molecule has 0 bridgehead atoms. The molecule has 46 heavy (non-hydrogen) atoms. The Morgan fingerprint density at radius 2 is 1.85 bits per heavy atom. The van der Waals surface area contributed by atoms with E-state index in [1.165, 1.54) is 6.20 Å². The number of piperidine rings is 1. The number of pyridine rings is 1. The SMILES string of the molecule is O=C(O)c1ccc2nc(CN3CCC(c4cccc(OCc5ccc6cnn(CC(F)(F)F)c6c5)n4)CC3)n(CC3CCO3)c2c1. The number of halogens is 3. The van der Waals surface area contributed by atoms with Crippen LogP contribution in [0.1, 0.15) is 52.6 Å². The fraction of sp³-hybridized carbons (Fsp3) is 0.394. The van der Waals surface area contributed by atoms with E-state index < -0.39 is 18.7 Å². The summed E-state index contributed by atoms with van der Waals surface area (Å²) in [6, 6.07) is 16.0. The third kappa shape index (κ3) is 6.56. The largest absolute Gasteiger partial charge is 0.478 e. The number of alkyl halides is 3. The number of imidazole rings is 1. The van der Waals surface area contributed by atoms with Crippen LogP contribution < -0.4 is 4.74 Å². The van der Waals surface area contributed by atoms with Gasteiger partial charge in [0.2, 0.25) is 5.88 Å². The molecule has 2 aromatic carbocycles. The van der Waals surface area contributed by atoms with Gasteiger partial charge in [0.25, 0.3) is 0 Å². The van der Waals surface area contributed by atoms with Gasteiger partial charge in [0.15, 0.2) is 0 Å². The predicted molar refractivity (Wildman–Crippen MR) is 163 cm³/mol. The van der Waals surface area contributed by atoms with Gasteiger partial charge in [-0.2, -0.15) is 18.3 Å². The van der Waals surface area contributed by atoms with E-state index >= 15 is 0 Å². The Hall–Kier alpha value is -4.49.